The number of carbonyl (C=O) groups is 1. The minimum absolute atomic E-state index is 0.0694. The van der Waals surface area contributed by atoms with Crippen LogP contribution in [-0.4, -0.2) is 44.0 Å². The number of benzene rings is 1. The minimum Gasteiger partial charge on any atom is -0.369 e. The Kier molecular flexibility index (Phi) is 7.46. The van der Waals surface area contributed by atoms with Crippen molar-refractivity contribution >= 4 is 29.0 Å². The number of hydrogen-bond acceptors (Lipinski definition) is 6. The molecule has 0 unspecified atom stereocenters. The molecular formula is C22H28N6OS. The van der Waals surface area contributed by atoms with Crippen LogP contribution in [0.25, 0.3) is 11.4 Å². The zero-order chi connectivity index (χ0) is 21.5. The topological polar surface area (TPSA) is 75.9 Å². The van der Waals surface area contributed by atoms with Gasteiger partial charge < -0.3 is 14.8 Å². The van der Waals surface area contributed by atoms with Crippen LogP contribution in [-0.2, 0) is 11.3 Å². The van der Waals surface area contributed by atoms with Crippen LogP contribution in [0.2, 0.25) is 0 Å². The van der Waals surface area contributed by atoms with E-state index in [2.05, 4.69) is 46.2 Å². The predicted molar refractivity (Wildman–Crippen MR) is 123 cm³/mol. The van der Waals surface area contributed by atoms with Gasteiger partial charge in [-0.3, -0.25) is 9.78 Å². The van der Waals surface area contributed by atoms with E-state index >= 15 is 0 Å². The molecule has 0 aliphatic rings. The lowest BCUT2D eigenvalue weighted by molar-refractivity contribution is -0.113. The van der Waals surface area contributed by atoms with Crippen molar-refractivity contribution in [2.45, 2.75) is 45.4 Å². The zero-order valence-electron chi connectivity index (χ0n) is 17.9. The molecule has 0 aliphatic carbocycles. The maximum atomic E-state index is 12.4. The molecule has 3 rings (SSSR count). The van der Waals surface area contributed by atoms with Gasteiger partial charge in [0.1, 0.15) is 0 Å². The molecule has 0 aliphatic heterocycles. The lowest BCUT2D eigenvalue weighted by atomic mass is 10.2. The molecule has 0 fully saturated rings. The largest absolute Gasteiger partial charge is 0.369 e. The van der Waals surface area contributed by atoms with Gasteiger partial charge in [-0.25, -0.2) is 0 Å². The fraction of sp³-hybridized carbons (Fsp3) is 0.364. The van der Waals surface area contributed by atoms with Crippen LogP contribution < -0.4 is 10.2 Å². The summed E-state index contributed by atoms with van der Waals surface area (Å²) in [5.41, 5.74) is 2.90. The molecule has 0 spiro atoms. The molecule has 0 bridgehead atoms. The van der Waals surface area contributed by atoms with Crippen LogP contribution in [0.1, 0.15) is 27.7 Å². The molecule has 2 aromatic heterocycles. The van der Waals surface area contributed by atoms with Crippen molar-refractivity contribution in [3.05, 3.63) is 48.8 Å². The first kappa shape index (κ1) is 21.8. The van der Waals surface area contributed by atoms with E-state index in [0.29, 0.717) is 6.04 Å². The van der Waals surface area contributed by atoms with Gasteiger partial charge in [-0.1, -0.05) is 11.8 Å². The van der Waals surface area contributed by atoms with E-state index in [4.69, 9.17) is 0 Å². The number of amides is 1. The smallest absolute Gasteiger partial charge is 0.234 e. The summed E-state index contributed by atoms with van der Waals surface area (Å²) in [5.74, 6) is 0.979. The first-order valence-corrected chi connectivity index (χ1v) is 11.1. The fourth-order valence-corrected chi connectivity index (χ4v) is 4.11. The summed E-state index contributed by atoms with van der Waals surface area (Å²) in [5, 5.41) is 12.2. The van der Waals surface area contributed by atoms with E-state index in [1.807, 2.05) is 47.9 Å². The molecule has 1 aromatic carbocycles. The Hall–Kier alpha value is -2.87. The molecule has 158 valence electrons. The molecule has 0 radical (unpaired) electrons. The summed E-state index contributed by atoms with van der Waals surface area (Å²) in [6.07, 6.45) is 3.47. The number of rotatable bonds is 9. The van der Waals surface area contributed by atoms with Gasteiger partial charge >= 0.3 is 0 Å². The van der Waals surface area contributed by atoms with E-state index in [1.54, 1.807) is 12.4 Å². The summed E-state index contributed by atoms with van der Waals surface area (Å²) in [4.78, 5) is 18.8. The summed E-state index contributed by atoms with van der Waals surface area (Å²) in [7, 11) is 0. The Balaban J connectivity index is 1.61. The molecular weight excluding hydrogens is 396 g/mol. The van der Waals surface area contributed by atoms with Crippen LogP contribution in [0.4, 0.5) is 11.4 Å². The van der Waals surface area contributed by atoms with Crippen molar-refractivity contribution in [1.82, 2.24) is 19.7 Å². The molecule has 1 amide bonds. The van der Waals surface area contributed by atoms with E-state index in [1.165, 1.54) is 11.8 Å². The van der Waals surface area contributed by atoms with Gasteiger partial charge in [0.05, 0.1) is 5.75 Å². The summed E-state index contributed by atoms with van der Waals surface area (Å²) < 4.78 is 2.01. The Morgan fingerprint density at radius 2 is 1.80 bits per heavy atom. The average molecular weight is 425 g/mol. The van der Waals surface area contributed by atoms with Gasteiger partial charge in [-0.2, -0.15) is 0 Å². The highest BCUT2D eigenvalue weighted by Gasteiger charge is 2.15. The summed E-state index contributed by atoms with van der Waals surface area (Å²) in [6.45, 7) is 10.2. The Labute approximate surface area is 181 Å². The second-order valence-electron chi connectivity index (χ2n) is 7.05. The predicted octanol–water partition coefficient (Wildman–Crippen LogP) is 4.33. The number of nitrogens with one attached hydrogen (secondary N) is 1. The van der Waals surface area contributed by atoms with E-state index in [9.17, 15) is 4.79 Å². The zero-order valence-corrected chi connectivity index (χ0v) is 18.7. The minimum atomic E-state index is -0.0694. The van der Waals surface area contributed by atoms with Crippen molar-refractivity contribution < 1.29 is 4.79 Å². The molecule has 8 heteroatoms. The Morgan fingerprint density at radius 3 is 2.40 bits per heavy atom. The number of anilines is 2. The molecule has 0 saturated heterocycles. The van der Waals surface area contributed by atoms with Gasteiger partial charge in [0.25, 0.3) is 0 Å². The third kappa shape index (κ3) is 5.18. The number of hydrogen-bond donors (Lipinski definition) is 1. The molecule has 3 aromatic rings. The average Bonchev–Trinajstić information content (AvgIpc) is 3.17. The lowest BCUT2D eigenvalue weighted by Gasteiger charge is -2.27. The standard InChI is InChI=1S/C22H28N6OS/c1-5-27(16(3)4)19-9-7-18(8-10-19)24-20(29)15-30-22-26-25-21(28(22)6-2)17-11-13-23-14-12-17/h7-14,16H,5-6,15H2,1-4H3,(H,24,29). The van der Waals surface area contributed by atoms with Crippen molar-refractivity contribution in [2.24, 2.45) is 0 Å². The highest BCUT2D eigenvalue weighted by atomic mass is 32.2. The SMILES string of the molecule is CCN(c1ccc(NC(=O)CSc2nnc(-c3ccncc3)n2CC)cc1)C(C)C. The third-order valence-electron chi connectivity index (χ3n) is 4.75. The maximum Gasteiger partial charge on any atom is 0.234 e. The normalized spacial score (nSPS) is 11.0. The summed E-state index contributed by atoms with van der Waals surface area (Å²) in [6, 6.07) is 12.2. The first-order chi connectivity index (χ1) is 14.5. The third-order valence-corrected chi connectivity index (χ3v) is 5.72. The van der Waals surface area contributed by atoms with Gasteiger partial charge in [0.15, 0.2) is 11.0 Å². The van der Waals surface area contributed by atoms with Crippen LogP contribution in [0.5, 0.6) is 0 Å². The Bertz CT molecular complexity index is 956. The maximum absolute atomic E-state index is 12.4. The van der Waals surface area contributed by atoms with Crippen molar-refractivity contribution in [1.29, 1.82) is 0 Å². The number of aromatic nitrogens is 4. The number of carbonyl (C=O) groups excluding carboxylic acids is 1. The molecule has 1 N–H and O–H groups in total. The monoisotopic (exact) mass is 424 g/mol. The quantitative estimate of drug-likeness (QED) is 0.516. The highest BCUT2D eigenvalue weighted by Crippen LogP contribution is 2.24. The molecule has 30 heavy (non-hydrogen) atoms. The van der Waals surface area contributed by atoms with E-state index in [-0.39, 0.29) is 11.7 Å². The first-order valence-electron chi connectivity index (χ1n) is 10.2. The Morgan fingerprint density at radius 1 is 1.10 bits per heavy atom. The van der Waals surface area contributed by atoms with Gasteiger partial charge in [0.2, 0.25) is 5.91 Å². The number of pyridine rings is 1. The second kappa shape index (κ2) is 10.2. The van der Waals surface area contributed by atoms with E-state index in [0.717, 1.165) is 41.0 Å². The molecule has 0 atom stereocenters. The van der Waals surface area contributed by atoms with Crippen LogP contribution in [0, 0.1) is 0 Å². The van der Waals surface area contributed by atoms with Gasteiger partial charge in [0, 0.05) is 48.5 Å². The van der Waals surface area contributed by atoms with Gasteiger partial charge in [-0.15, -0.1) is 10.2 Å². The van der Waals surface area contributed by atoms with Crippen molar-refractivity contribution in [3.63, 3.8) is 0 Å². The molecule has 7 nitrogen and oxygen atoms in total. The van der Waals surface area contributed by atoms with Crippen LogP contribution >= 0.6 is 11.8 Å². The van der Waals surface area contributed by atoms with E-state index < -0.39 is 0 Å². The number of nitrogens with zero attached hydrogens (tertiary/aromatic N) is 5. The molecule has 0 saturated carbocycles. The fourth-order valence-electron chi connectivity index (χ4n) is 3.30. The highest BCUT2D eigenvalue weighted by molar-refractivity contribution is 7.99. The van der Waals surface area contributed by atoms with Crippen molar-refractivity contribution in [3.8, 4) is 11.4 Å². The van der Waals surface area contributed by atoms with Crippen molar-refractivity contribution in [2.75, 3.05) is 22.5 Å². The number of thioether (sulfide) groups is 1. The van der Waals surface area contributed by atoms with Crippen LogP contribution in [0.3, 0.4) is 0 Å². The molecule has 2 heterocycles. The van der Waals surface area contributed by atoms with Gasteiger partial charge in [-0.05, 0) is 64.1 Å². The second-order valence-corrected chi connectivity index (χ2v) is 7.99. The van der Waals surface area contributed by atoms with Crippen LogP contribution in [0.15, 0.2) is 53.9 Å². The summed E-state index contributed by atoms with van der Waals surface area (Å²) >= 11 is 1.38. The lowest BCUT2D eigenvalue weighted by Crippen LogP contribution is -2.30.